The topological polar surface area (TPSA) is 35.2 Å². The largest absolute Gasteiger partial charge is 0.493 e. The molecule has 0 atom stereocenters. The minimum atomic E-state index is -0.221. The SMILES string of the molecule is NCc1c(F)ccc2c1CCO2. The van der Waals surface area contributed by atoms with Crippen LogP contribution >= 0.6 is 0 Å². The number of fused-ring (bicyclic) bond motifs is 1. The van der Waals surface area contributed by atoms with Gasteiger partial charge in [0.15, 0.2) is 0 Å². The highest BCUT2D eigenvalue weighted by Crippen LogP contribution is 2.29. The molecule has 0 aliphatic carbocycles. The molecule has 64 valence electrons. The standard InChI is InChI=1S/C9H10FNO/c10-8-1-2-9-6(3-4-12-9)7(8)5-11/h1-2H,3-5,11H2. The van der Waals surface area contributed by atoms with Crippen LogP contribution < -0.4 is 10.5 Å². The lowest BCUT2D eigenvalue weighted by molar-refractivity contribution is 0.356. The van der Waals surface area contributed by atoms with Crippen molar-refractivity contribution in [2.24, 2.45) is 5.73 Å². The number of hydrogen-bond acceptors (Lipinski definition) is 2. The molecule has 2 rings (SSSR count). The van der Waals surface area contributed by atoms with Gasteiger partial charge in [0.2, 0.25) is 0 Å². The van der Waals surface area contributed by atoms with Crippen LogP contribution in [0.3, 0.4) is 0 Å². The number of benzene rings is 1. The highest BCUT2D eigenvalue weighted by Gasteiger charge is 2.17. The second-order valence-corrected chi connectivity index (χ2v) is 2.81. The lowest BCUT2D eigenvalue weighted by Gasteiger charge is -2.04. The van der Waals surface area contributed by atoms with Crippen LogP contribution in [0.4, 0.5) is 4.39 Å². The monoisotopic (exact) mass is 167 g/mol. The quantitative estimate of drug-likeness (QED) is 0.682. The molecule has 0 fully saturated rings. The summed E-state index contributed by atoms with van der Waals surface area (Å²) in [6.07, 6.45) is 0.777. The summed E-state index contributed by atoms with van der Waals surface area (Å²) in [6, 6.07) is 3.07. The van der Waals surface area contributed by atoms with Crippen molar-refractivity contribution in [3.05, 3.63) is 29.1 Å². The molecule has 0 radical (unpaired) electrons. The van der Waals surface area contributed by atoms with Gasteiger partial charge >= 0.3 is 0 Å². The molecule has 0 amide bonds. The molecular formula is C9H10FNO. The van der Waals surface area contributed by atoms with E-state index in [1.54, 1.807) is 6.07 Å². The van der Waals surface area contributed by atoms with Crippen molar-refractivity contribution in [2.75, 3.05) is 6.61 Å². The van der Waals surface area contributed by atoms with Crippen molar-refractivity contribution in [1.29, 1.82) is 0 Å². The molecule has 3 heteroatoms. The first kappa shape index (κ1) is 7.55. The Morgan fingerprint density at radius 3 is 3.08 bits per heavy atom. The van der Waals surface area contributed by atoms with Gasteiger partial charge in [-0.2, -0.15) is 0 Å². The third-order valence-corrected chi connectivity index (χ3v) is 2.14. The van der Waals surface area contributed by atoms with Gasteiger partial charge in [0.1, 0.15) is 11.6 Å². The zero-order chi connectivity index (χ0) is 8.55. The van der Waals surface area contributed by atoms with Crippen LogP contribution in [-0.2, 0) is 13.0 Å². The summed E-state index contributed by atoms with van der Waals surface area (Å²) in [6.45, 7) is 0.893. The maximum absolute atomic E-state index is 13.1. The Kier molecular flexibility index (Phi) is 1.73. The van der Waals surface area contributed by atoms with Crippen LogP contribution in [-0.4, -0.2) is 6.61 Å². The van der Waals surface area contributed by atoms with Gasteiger partial charge in [-0.1, -0.05) is 0 Å². The number of nitrogens with two attached hydrogens (primary N) is 1. The van der Waals surface area contributed by atoms with Crippen molar-refractivity contribution < 1.29 is 9.13 Å². The molecule has 1 aromatic rings. The normalized spacial score (nSPS) is 14.2. The third kappa shape index (κ3) is 0.975. The molecule has 0 aromatic heterocycles. The molecule has 0 unspecified atom stereocenters. The zero-order valence-electron chi connectivity index (χ0n) is 6.64. The first-order chi connectivity index (χ1) is 5.83. The van der Waals surface area contributed by atoms with Gasteiger partial charge in [0, 0.05) is 24.1 Å². The molecule has 1 aromatic carbocycles. The van der Waals surface area contributed by atoms with E-state index < -0.39 is 0 Å². The minimum Gasteiger partial charge on any atom is -0.493 e. The molecule has 0 spiro atoms. The Balaban J connectivity index is 2.57. The Morgan fingerprint density at radius 2 is 2.33 bits per heavy atom. The Bertz CT molecular complexity index is 312. The summed E-state index contributed by atoms with van der Waals surface area (Å²) in [5.74, 6) is 0.568. The van der Waals surface area contributed by atoms with Crippen LogP contribution in [0.15, 0.2) is 12.1 Å². The molecule has 1 aliphatic rings. The number of rotatable bonds is 1. The molecule has 12 heavy (non-hydrogen) atoms. The fourth-order valence-corrected chi connectivity index (χ4v) is 1.54. The van der Waals surface area contributed by atoms with Crippen LogP contribution in [0.2, 0.25) is 0 Å². The van der Waals surface area contributed by atoms with Crippen LogP contribution in [0.5, 0.6) is 5.75 Å². The first-order valence-corrected chi connectivity index (χ1v) is 3.96. The van der Waals surface area contributed by atoms with Gasteiger partial charge in [-0.05, 0) is 12.1 Å². The molecule has 0 saturated carbocycles. The summed E-state index contributed by atoms with van der Waals surface area (Å²) in [5.41, 5.74) is 6.97. The van der Waals surface area contributed by atoms with Crippen LogP contribution in [0.25, 0.3) is 0 Å². The lowest BCUT2D eigenvalue weighted by Crippen LogP contribution is -2.03. The van der Waals surface area contributed by atoms with Gasteiger partial charge in [0.25, 0.3) is 0 Å². The van der Waals surface area contributed by atoms with E-state index in [2.05, 4.69) is 0 Å². The van der Waals surface area contributed by atoms with E-state index in [1.807, 2.05) is 0 Å². The van der Waals surface area contributed by atoms with Crippen molar-refractivity contribution in [3.63, 3.8) is 0 Å². The van der Waals surface area contributed by atoms with Crippen molar-refractivity contribution in [1.82, 2.24) is 0 Å². The Morgan fingerprint density at radius 1 is 1.50 bits per heavy atom. The highest BCUT2D eigenvalue weighted by molar-refractivity contribution is 5.43. The zero-order valence-corrected chi connectivity index (χ0v) is 6.64. The predicted molar refractivity (Wildman–Crippen MR) is 43.5 cm³/mol. The number of halogens is 1. The van der Waals surface area contributed by atoms with E-state index in [1.165, 1.54) is 6.07 Å². The maximum Gasteiger partial charge on any atom is 0.128 e. The first-order valence-electron chi connectivity index (χ1n) is 3.96. The molecule has 0 bridgehead atoms. The van der Waals surface area contributed by atoms with E-state index in [-0.39, 0.29) is 12.4 Å². The van der Waals surface area contributed by atoms with E-state index in [0.717, 1.165) is 17.7 Å². The second-order valence-electron chi connectivity index (χ2n) is 2.81. The van der Waals surface area contributed by atoms with Gasteiger partial charge in [0.05, 0.1) is 6.61 Å². The van der Waals surface area contributed by atoms with Crippen LogP contribution in [0.1, 0.15) is 11.1 Å². The molecule has 1 aliphatic heterocycles. The third-order valence-electron chi connectivity index (χ3n) is 2.14. The van der Waals surface area contributed by atoms with Gasteiger partial charge in [-0.15, -0.1) is 0 Å². The number of hydrogen-bond donors (Lipinski definition) is 1. The van der Waals surface area contributed by atoms with Crippen molar-refractivity contribution in [3.8, 4) is 5.75 Å². The fraction of sp³-hybridized carbons (Fsp3) is 0.333. The summed E-state index contributed by atoms with van der Waals surface area (Å²) in [5, 5.41) is 0. The van der Waals surface area contributed by atoms with Gasteiger partial charge in [-0.3, -0.25) is 0 Å². The summed E-state index contributed by atoms with van der Waals surface area (Å²) >= 11 is 0. The summed E-state index contributed by atoms with van der Waals surface area (Å²) in [4.78, 5) is 0. The molecule has 2 nitrogen and oxygen atoms in total. The minimum absolute atomic E-state index is 0.221. The average molecular weight is 167 g/mol. The fourth-order valence-electron chi connectivity index (χ4n) is 1.54. The van der Waals surface area contributed by atoms with E-state index >= 15 is 0 Å². The summed E-state index contributed by atoms with van der Waals surface area (Å²) < 4.78 is 18.4. The average Bonchev–Trinajstić information content (AvgIpc) is 2.52. The predicted octanol–water partition coefficient (Wildman–Crippen LogP) is 1.22. The number of ether oxygens (including phenoxy) is 1. The Labute approximate surface area is 70.1 Å². The summed E-state index contributed by atoms with van der Waals surface area (Å²) in [7, 11) is 0. The lowest BCUT2D eigenvalue weighted by atomic mass is 10.0. The Hall–Kier alpha value is -1.09. The molecule has 1 heterocycles. The maximum atomic E-state index is 13.1. The van der Waals surface area contributed by atoms with Crippen molar-refractivity contribution in [2.45, 2.75) is 13.0 Å². The van der Waals surface area contributed by atoms with Gasteiger partial charge in [-0.25, -0.2) is 4.39 Å². The van der Waals surface area contributed by atoms with E-state index in [0.29, 0.717) is 12.2 Å². The second kappa shape index (κ2) is 2.75. The highest BCUT2D eigenvalue weighted by atomic mass is 19.1. The van der Waals surface area contributed by atoms with E-state index in [4.69, 9.17) is 10.5 Å². The van der Waals surface area contributed by atoms with Gasteiger partial charge < -0.3 is 10.5 Å². The van der Waals surface area contributed by atoms with Crippen LogP contribution in [0, 0.1) is 5.82 Å². The van der Waals surface area contributed by atoms with E-state index in [9.17, 15) is 4.39 Å². The molecule has 2 N–H and O–H groups in total. The van der Waals surface area contributed by atoms with Crippen molar-refractivity contribution >= 4 is 0 Å². The molecular weight excluding hydrogens is 157 g/mol. The molecule has 0 saturated heterocycles. The smallest absolute Gasteiger partial charge is 0.128 e.